The second kappa shape index (κ2) is 6.28. The molecule has 1 atom stereocenters. The number of carbonyl (C=O) groups is 1. The molecular formula is C17H18N3O3-. The molecule has 6 heteroatoms. The van der Waals surface area contributed by atoms with Gasteiger partial charge in [-0.05, 0) is 42.7 Å². The van der Waals surface area contributed by atoms with Gasteiger partial charge in [-0.15, -0.1) is 0 Å². The van der Waals surface area contributed by atoms with Crippen LogP contribution in [-0.4, -0.2) is 17.2 Å². The van der Waals surface area contributed by atoms with Gasteiger partial charge in [0.2, 0.25) is 5.91 Å². The van der Waals surface area contributed by atoms with E-state index in [1.807, 2.05) is 23.2 Å². The van der Waals surface area contributed by atoms with Gasteiger partial charge >= 0.3 is 0 Å². The largest absolute Gasteiger partial charge is 0.733 e. The highest BCUT2D eigenvalue weighted by atomic mass is 16.8. The van der Waals surface area contributed by atoms with Crippen LogP contribution in [0.2, 0.25) is 0 Å². The number of anilines is 2. The minimum atomic E-state index is -0.202. The Morgan fingerprint density at radius 3 is 2.70 bits per heavy atom. The van der Waals surface area contributed by atoms with Crippen molar-refractivity contribution in [1.82, 2.24) is 5.43 Å². The van der Waals surface area contributed by atoms with E-state index >= 15 is 0 Å². The molecule has 0 spiro atoms. The van der Waals surface area contributed by atoms with Crippen LogP contribution < -0.4 is 15.7 Å². The van der Waals surface area contributed by atoms with Gasteiger partial charge in [-0.25, -0.2) is 0 Å². The van der Waals surface area contributed by atoms with Crippen molar-refractivity contribution in [3.63, 3.8) is 0 Å². The molecule has 1 aliphatic heterocycles. The van der Waals surface area contributed by atoms with Gasteiger partial charge in [-0.2, -0.15) is 0 Å². The first-order valence-corrected chi connectivity index (χ1v) is 7.46. The number of para-hydroxylation sites is 1. The van der Waals surface area contributed by atoms with Gasteiger partial charge in [-0.1, -0.05) is 30.3 Å². The number of hydrogen-bond acceptors (Lipinski definition) is 5. The van der Waals surface area contributed by atoms with E-state index in [0.717, 1.165) is 17.7 Å². The van der Waals surface area contributed by atoms with Gasteiger partial charge < -0.3 is 10.4 Å². The Morgan fingerprint density at radius 2 is 2.00 bits per heavy atom. The van der Waals surface area contributed by atoms with Gasteiger partial charge in [0, 0.05) is 0 Å². The van der Waals surface area contributed by atoms with Crippen LogP contribution in [0.5, 0.6) is 0 Å². The molecule has 3 rings (SSSR count). The summed E-state index contributed by atoms with van der Waals surface area (Å²) in [6.45, 7) is 2.07. The van der Waals surface area contributed by atoms with Crippen molar-refractivity contribution in [1.29, 1.82) is 0 Å². The highest BCUT2D eigenvalue weighted by molar-refractivity contribution is 5.81. The zero-order valence-corrected chi connectivity index (χ0v) is 12.8. The Balaban J connectivity index is 1.66. The molecule has 0 unspecified atom stereocenters. The van der Waals surface area contributed by atoms with Crippen molar-refractivity contribution in [3.05, 3.63) is 64.9 Å². The van der Waals surface area contributed by atoms with E-state index in [4.69, 9.17) is 5.21 Å². The average molecular weight is 312 g/mol. The maximum absolute atomic E-state index is 12.3. The summed E-state index contributed by atoms with van der Waals surface area (Å²) in [4.78, 5) is 12.3. The fraction of sp³-hybridized carbons (Fsp3) is 0.235. The predicted molar refractivity (Wildman–Crippen MR) is 88.0 cm³/mol. The van der Waals surface area contributed by atoms with Crippen molar-refractivity contribution in [2.45, 2.75) is 25.8 Å². The topological polar surface area (TPSA) is 78.9 Å². The molecule has 2 aromatic rings. The first-order chi connectivity index (χ1) is 11.0. The van der Waals surface area contributed by atoms with E-state index in [1.54, 1.807) is 12.1 Å². The Hall–Kier alpha value is -2.57. The molecule has 1 aliphatic rings. The summed E-state index contributed by atoms with van der Waals surface area (Å²) < 4.78 is 0. The third-order valence-electron chi connectivity index (χ3n) is 3.97. The maximum atomic E-state index is 12.3. The molecule has 0 bridgehead atoms. The number of benzene rings is 2. The zero-order valence-electron chi connectivity index (χ0n) is 12.8. The molecule has 0 aromatic heterocycles. The van der Waals surface area contributed by atoms with Gasteiger partial charge in [0.25, 0.3) is 0 Å². The molecule has 23 heavy (non-hydrogen) atoms. The van der Waals surface area contributed by atoms with Crippen LogP contribution in [0.4, 0.5) is 11.4 Å². The molecule has 0 fully saturated rings. The summed E-state index contributed by atoms with van der Waals surface area (Å²) in [5.74, 6) is -0.121. The summed E-state index contributed by atoms with van der Waals surface area (Å²) in [5, 5.41) is 21.2. The van der Waals surface area contributed by atoms with E-state index in [-0.39, 0.29) is 29.3 Å². The smallest absolute Gasteiger partial charge is 0.242 e. The number of rotatable bonds is 4. The van der Waals surface area contributed by atoms with Crippen molar-refractivity contribution < 1.29 is 10.0 Å². The summed E-state index contributed by atoms with van der Waals surface area (Å²) in [7, 11) is 0. The lowest BCUT2D eigenvalue weighted by atomic mass is 10.1. The molecule has 0 saturated carbocycles. The standard InChI is InChI=1S/C17H18N3O3/c1-12-10-14-4-2-3-5-16(14)19(12)18-17(21)11-13-6-8-15(9-7-13)20(22)23/h2-9,12,22H,10-11H2,1H3,(H,18,21)/q-1/t12-/m1/s1. The third kappa shape index (κ3) is 3.28. The van der Waals surface area contributed by atoms with Crippen molar-refractivity contribution >= 4 is 17.3 Å². The molecule has 1 heterocycles. The number of hydrazine groups is 1. The lowest BCUT2D eigenvalue weighted by molar-refractivity contribution is -0.120. The minimum Gasteiger partial charge on any atom is -0.733 e. The van der Waals surface area contributed by atoms with Gasteiger partial charge in [0.1, 0.15) is 0 Å². The summed E-state index contributed by atoms with van der Waals surface area (Å²) in [5.41, 5.74) is 6.11. The van der Waals surface area contributed by atoms with Crippen LogP contribution in [-0.2, 0) is 17.6 Å². The SMILES string of the molecule is C[C@@H]1Cc2ccccc2N1NC(=O)Cc1ccc(N([O-])O)cc1. The van der Waals surface area contributed by atoms with E-state index < -0.39 is 0 Å². The fourth-order valence-corrected chi connectivity index (χ4v) is 2.84. The quantitative estimate of drug-likeness (QED) is 0.848. The van der Waals surface area contributed by atoms with Gasteiger partial charge in [-0.3, -0.25) is 20.4 Å². The van der Waals surface area contributed by atoms with E-state index in [9.17, 15) is 10.0 Å². The highest BCUT2D eigenvalue weighted by Crippen LogP contribution is 2.29. The van der Waals surface area contributed by atoms with Crippen molar-refractivity contribution in [2.75, 3.05) is 10.2 Å². The minimum absolute atomic E-state index is 0.121. The Bertz CT molecular complexity index is 700. The first kappa shape index (κ1) is 15.3. The highest BCUT2D eigenvalue weighted by Gasteiger charge is 2.26. The van der Waals surface area contributed by atoms with Crippen LogP contribution in [0.15, 0.2) is 48.5 Å². The van der Waals surface area contributed by atoms with Crippen LogP contribution in [0.25, 0.3) is 0 Å². The Labute approximate surface area is 134 Å². The number of nitrogens with one attached hydrogen (secondary N) is 1. The van der Waals surface area contributed by atoms with Crippen LogP contribution in [0.1, 0.15) is 18.1 Å². The summed E-state index contributed by atoms with van der Waals surface area (Å²) in [6, 6.07) is 14.5. The maximum Gasteiger partial charge on any atom is 0.242 e. The van der Waals surface area contributed by atoms with E-state index in [2.05, 4.69) is 18.4 Å². The average Bonchev–Trinajstić information content (AvgIpc) is 2.84. The zero-order chi connectivity index (χ0) is 16.4. The molecule has 1 amide bonds. The molecule has 0 aliphatic carbocycles. The number of amides is 1. The molecule has 120 valence electrons. The summed E-state index contributed by atoms with van der Waals surface area (Å²) >= 11 is 0. The lowest BCUT2D eigenvalue weighted by Gasteiger charge is -2.25. The number of carbonyl (C=O) groups excluding carboxylic acids is 1. The monoisotopic (exact) mass is 312 g/mol. The predicted octanol–water partition coefficient (Wildman–Crippen LogP) is 2.40. The first-order valence-electron chi connectivity index (χ1n) is 7.46. The molecular weight excluding hydrogens is 294 g/mol. The normalized spacial score (nSPS) is 16.1. The van der Waals surface area contributed by atoms with Gasteiger partial charge in [0.05, 0.1) is 23.8 Å². The van der Waals surface area contributed by atoms with Crippen LogP contribution >= 0.6 is 0 Å². The molecule has 2 N–H and O–H groups in total. The second-order valence-corrected chi connectivity index (χ2v) is 5.70. The third-order valence-corrected chi connectivity index (χ3v) is 3.97. The fourth-order valence-electron chi connectivity index (χ4n) is 2.84. The molecule has 0 saturated heterocycles. The van der Waals surface area contributed by atoms with Crippen LogP contribution in [0, 0.1) is 5.21 Å². The van der Waals surface area contributed by atoms with Crippen molar-refractivity contribution in [3.8, 4) is 0 Å². The molecule has 6 nitrogen and oxygen atoms in total. The Morgan fingerprint density at radius 1 is 1.30 bits per heavy atom. The molecule has 0 radical (unpaired) electrons. The number of fused-ring (bicyclic) bond motifs is 1. The van der Waals surface area contributed by atoms with E-state index in [0.29, 0.717) is 0 Å². The van der Waals surface area contributed by atoms with Gasteiger partial charge in [0.15, 0.2) is 0 Å². The van der Waals surface area contributed by atoms with Crippen molar-refractivity contribution in [2.24, 2.45) is 0 Å². The molecule has 2 aromatic carbocycles. The van der Waals surface area contributed by atoms with Crippen LogP contribution in [0.3, 0.4) is 0 Å². The number of nitrogens with zero attached hydrogens (tertiary/aromatic N) is 2. The summed E-state index contributed by atoms with van der Waals surface area (Å²) in [6.07, 6.45) is 1.11. The Kier molecular flexibility index (Phi) is 4.18. The van der Waals surface area contributed by atoms with E-state index in [1.165, 1.54) is 17.7 Å². The second-order valence-electron chi connectivity index (χ2n) is 5.70. The number of hydrogen-bond donors (Lipinski definition) is 2. The lowest BCUT2D eigenvalue weighted by Crippen LogP contribution is -2.46.